The zero-order chi connectivity index (χ0) is 14.7. The van der Waals surface area contributed by atoms with Crippen molar-refractivity contribution in [2.75, 3.05) is 13.6 Å². The molecule has 0 fully saturated rings. The fourth-order valence-electron chi connectivity index (χ4n) is 2.39. The van der Waals surface area contributed by atoms with Crippen LogP contribution in [-0.2, 0) is 0 Å². The van der Waals surface area contributed by atoms with Crippen molar-refractivity contribution >= 4 is 11.6 Å². The number of nitrogens with two attached hydrogens (primary N) is 1. The third kappa shape index (κ3) is 3.23. The van der Waals surface area contributed by atoms with Crippen LogP contribution >= 0.6 is 11.6 Å². The molecule has 1 heterocycles. The van der Waals surface area contributed by atoms with Crippen LogP contribution in [0.5, 0.6) is 0 Å². The highest BCUT2D eigenvalue weighted by atomic mass is 35.5. The second kappa shape index (κ2) is 6.44. The van der Waals surface area contributed by atoms with Crippen LogP contribution in [0.4, 0.5) is 0 Å². The van der Waals surface area contributed by atoms with Crippen LogP contribution < -0.4 is 5.73 Å². The third-order valence-electron chi connectivity index (χ3n) is 3.75. The summed E-state index contributed by atoms with van der Waals surface area (Å²) < 4.78 is 5.72. The molecule has 2 atom stereocenters. The number of rotatable bonds is 5. The monoisotopic (exact) mass is 292 g/mol. The molecule has 4 heteroatoms. The quantitative estimate of drug-likeness (QED) is 0.908. The van der Waals surface area contributed by atoms with E-state index in [1.165, 1.54) is 5.56 Å². The van der Waals surface area contributed by atoms with E-state index < -0.39 is 0 Å². The second-order valence-electron chi connectivity index (χ2n) is 5.10. The summed E-state index contributed by atoms with van der Waals surface area (Å²) in [6.45, 7) is 4.59. The number of hydrogen-bond acceptors (Lipinski definition) is 3. The molecule has 0 aliphatic heterocycles. The Morgan fingerprint density at radius 2 is 2.05 bits per heavy atom. The van der Waals surface area contributed by atoms with Gasteiger partial charge in [-0.3, -0.25) is 4.90 Å². The van der Waals surface area contributed by atoms with Gasteiger partial charge >= 0.3 is 0 Å². The summed E-state index contributed by atoms with van der Waals surface area (Å²) in [5.41, 5.74) is 7.10. The van der Waals surface area contributed by atoms with Crippen LogP contribution in [0.2, 0.25) is 5.02 Å². The lowest BCUT2D eigenvalue weighted by Crippen LogP contribution is -2.32. The maximum absolute atomic E-state index is 6.07. The maximum Gasteiger partial charge on any atom is 0.122 e. The fourth-order valence-corrected chi connectivity index (χ4v) is 2.59. The highest BCUT2D eigenvalue weighted by Gasteiger charge is 2.23. The number of aryl methyl sites for hydroxylation is 1. The largest absolute Gasteiger partial charge is 0.465 e. The van der Waals surface area contributed by atoms with Crippen molar-refractivity contribution in [1.82, 2.24) is 4.90 Å². The molecule has 0 aliphatic carbocycles. The van der Waals surface area contributed by atoms with E-state index in [9.17, 15) is 0 Å². The average Bonchev–Trinajstić information content (AvgIpc) is 2.85. The van der Waals surface area contributed by atoms with E-state index in [2.05, 4.69) is 24.9 Å². The Labute approximate surface area is 125 Å². The first kappa shape index (κ1) is 15.1. The van der Waals surface area contributed by atoms with E-state index in [4.69, 9.17) is 21.8 Å². The molecule has 1 aromatic heterocycles. The molecule has 0 aliphatic rings. The Balaban J connectivity index is 2.22. The van der Waals surface area contributed by atoms with Crippen molar-refractivity contribution in [1.29, 1.82) is 0 Å². The number of nitrogens with zero attached hydrogens (tertiary/aromatic N) is 1. The molecule has 2 rings (SSSR count). The van der Waals surface area contributed by atoms with Crippen molar-refractivity contribution in [2.45, 2.75) is 25.9 Å². The molecule has 2 N–H and O–H groups in total. The van der Waals surface area contributed by atoms with Gasteiger partial charge in [-0.15, -0.1) is 0 Å². The molecular formula is C16H21ClN2O. The average molecular weight is 293 g/mol. The highest BCUT2D eigenvalue weighted by molar-refractivity contribution is 6.30. The number of benzene rings is 1. The molecule has 1 aromatic carbocycles. The van der Waals surface area contributed by atoms with Crippen LogP contribution in [0.1, 0.15) is 36.1 Å². The van der Waals surface area contributed by atoms with E-state index >= 15 is 0 Å². The molecule has 3 nitrogen and oxygen atoms in total. The summed E-state index contributed by atoms with van der Waals surface area (Å²) in [4.78, 5) is 2.21. The van der Waals surface area contributed by atoms with Gasteiger partial charge < -0.3 is 10.2 Å². The van der Waals surface area contributed by atoms with Crippen molar-refractivity contribution in [3.05, 3.63) is 58.5 Å². The van der Waals surface area contributed by atoms with Gasteiger partial charge in [0.05, 0.1) is 6.04 Å². The molecule has 0 spiro atoms. The standard InChI is InChI=1S/C16H21ClN2O/c1-11-7-8-16(20-11)15(10-18)19(3)12(2)13-5-4-6-14(17)9-13/h4-9,12,15H,10,18H2,1-3H3. The molecule has 0 saturated heterocycles. The Bertz CT molecular complexity index is 567. The highest BCUT2D eigenvalue weighted by Crippen LogP contribution is 2.30. The number of halogens is 1. The number of furan rings is 1. The summed E-state index contributed by atoms with van der Waals surface area (Å²) >= 11 is 6.07. The van der Waals surface area contributed by atoms with Crippen molar-refractivity contribution in [3.8, 4) is 0 Å². The van der Waals surface area contributed by atoms with Gasteiger partial charge in [0.15, 0.2) is 0 Å². The van der Waals surface area contributed by atoms with Crippen molar-refractivity contribution in [2.24, 2.45) is 5.73 Å². The van der Waals surface area contributed by atoms with Crippen LogP contribution in [0.25, 0.3) is 0 Å². The van der Waals surface area contributed by atoms with Gasteiger partial charge in [0.2, 0.25) is 0 Å². The number of hydrogen-bond donors (Lipinski definition) is 1. The number of likely N-dealkylation sites (N-methyl/N-ethyl adjacent to an activating group) is 1. The first-order valence-corrected chi connectivity index (χ1v) is 7.14. The van der Waals surface area contributed by atoms with E-state index in [0.717, 1.165) is 16.5 Å². The van der Waals surface area contributed by atoms with Gasteiger partial charge in [0.25, 0.3) is 0 Å². The molecule has 20 heavy (non-hydrogen) atoms. The molecule has 0 amide bonds. The summed E-state index contributed by atoms with van der Waals surface area (Å²) in [6.07, 6.45) is 0. The van der Waals surface area contributed by atoms with E-state index in [0.29, 0.717) is 6.54 Å². The van der Waals surface area contributed by atoms with E-state index in [1.54, 1.807) is 0 Å². The van der Waals surface area contributed by atoms with Crippen LogP contribution in [0.3, 0.4) is 0 Å². The summed E-state index contributed by atoms with van der Waals surface area (Å²) in [6, 6.07) is 12.1. The van der Waals surface area contributed by atoms with E-state index in [1.807, 2.05) is 37.3 Å². The first-order valence-electron chi connectivity index (χ1n) is 6.76. The first-order chi connectivity index (χ1) is 9.52. The molecule has 2 aromatic rings. The Morgan fingerprint density at radius 3 is 2.60 bits per heavy atom. The lowest BCUT2D eigenvalue weighted by molar-refractivity contribution is 0.168. The second-order valence-corrected chi connectivity index (χ2v) is 5.53. The van der Waals surface area contributed by atoms with Gasteiger partial charge in [-0.05, 0) is 50.7 Å². The minimum absolute atomic E-state index is 0.0534. The van der Waals surface area contributed by atoms with Gasteiger partial charge in [0.1, 0.15) is 11.5 Å². The van der Waals surface area contributed by atoms with Crippen molar-refractivity contribution < 1.29 is 4.42 Å². The molecule has 0 saturated carbocycles. The lowest BCUT2D eigenvalue weighted by atomic mass is 10.0. The fraction of sp³-hybridized carbons (Fsp3) is 0.375. The zero-order valence-corrected chi connectivity index (χ0v) is 12.9. The molecule has 108 valence electrons. The van der Waals surface area contributed by atoms with E-state index in [-0.39, 0.29) is 12.1 Å². The minimum Gasteiger partial charge on any atom is -0.465 e. The van der Waals surface area contributed by atoms with Gasteiger partial charge in [-0.25, -0.2) is 0 Å². The smallest absolute Gasteiger partial charge is 0.122 e. The van der Waals surface area contributed by atoms with Crippen LogP contribution in [0.15, 0.2) is 40.8 Å². The van der Waals surface area contributed by atoms with Gasteiger partial charge in [0, 0.05) is 17.6 Å². The van der Waals surface area contributed by atoms with Gasteiger partial charge in [-0.2, -0.15) is 0 Å². The Kier molecular flexibility index (Phi) is 4.86. The van der Waals surface area contributed by atoms with Crippen molar-refractivity contribution in [3.63, 3.8) is 0 Å². The summed E-state index contributed by atoms with van der Waals surface area (Å²) in [7, 11) is 2.06. The Hall–Kier alpha value is -1.29. The predicted octanol–water partition coefficient (Wildman–Crippen LogP) is 3.93. The zero-order valence-electron chi connectivity index (χ0n) is 12.1. The normalized spacial score (nSPS) is 14.5. The maximum atomic E-state index is 6.07. The molecule has 0 bridgehead atoms. The minimum atomic E-state index is 0.0534. The Morgan fingerprint density at radius 1 is 1.30 bits per heavy atom. The molecular weight excluding hydrogens is 272 g/mol. The predicted molar refractivity (Wildman–Crippen MR) is 82.9 cm³/mol. The topological polar surface area (TPSA) is 42.4 Å². The van der Waals surface area contributed by atoms with Gasteiger partial charge in [-0.1, -0.05) is 23.7 Å². The molecule has 2 unspecified atom stereocenters. The SMILES string of the molecule is Cc1ccc(C(CN)N(C)C(C)c2cccc(Cl)c2)o1. The summed E-state index contributed by atoms with van der Waals surface area (Å²) in [5, 5.41) is 0.751. The summed E-state index contributed by atoms with van der Waals surface area (Å²) in [5.74, 6) is 1.81. The van der Waals surface area contributed by atoms with Crippen LogP contribution in [-0.4, -0.2) is 18.5 Å². The molecule has 0 radical (unpaired) electrons. The third-order valence-corrected chi connectivity index (χ3v) is 3.98. The lowest BCUT2D eigenvalue weighted by Gasteiger charge is -2.31. The van der Waals surface area contributed by atoms with Crippen LogP contribution in [0, 0.1) is 6.92 Å².